The standard InChI is InChI=1S/C19H21FN2O4S/c1-12-9-14(6-8-18(12)20)21-19(24)13-3-2-4-17(10-13)27(25,26)22-15-5-7-16(23)11-15/h2-4,6,8-10,15-16,22-23H,5,7,11H2,1H3,(H,21,24)/t15-,16+/m0/s1. The van der Waals surface area contributed by atoms with E-state index in [4.69, 9.17) is 0 Å². The van der Waals surface area contributed by atoms with E-state index in [1.807, 2.05) is 0 Å². The number of rotatable bonds is 5. The van der Waals surface area contributed by atoms with Crippen LogP contribution in [0.4, 0.5) is 10.1 Å². The molecular weight excluding hydrogens is 371 g/mol. The molecule has 1 saturated carbocycles. The molecular formula is C19H21FN2O4S. The maximum absolute atomic E-state index is 13.3. The largest absolute Gasteiger partial charge is 0.393 e. The van der Waals surface area contributed by atoms with Crippen molar-refractivity contribution in [3.63, 3.8) is 0 Å². The zero-order chi connectivity index (χ0) is 19.6. The minimum Gasteiger partial charge on any atom is -0.393 e. The topological polar surface area (TPSA) is 95.5 Å². The third-order valence-electron chi connectivity index (χ3n) is 4.55. The van der Waals surface area contributed by atoms with Crippen molar-refractivity contribution in [1.29, 1.82) is 0 Å². The first-order valence-corrected chi connectivity index (χ1v) is 10.1. The van der Waals surface area contributed by atoms with E-state index in [0.717, 1.165) is 0 Å². The third kappa shape index (κ3) is 4.71. The van der Waals surface area contributed by atoms with E-state index < -0.39 is 22.0 Å². The van der Waals surface area contributed by atoms with Crippen molar-refractivity contribution in [1.82, 2.24) is 4.72 Å². The zero-order valence-electron chi connectivity index (χ0n) is 14.8. The van der Waals surface area contributed by atoms with Crippen LogP contribution < -0.4 is 10.0 Å². The van der Waals surface area contributed by atoms with Gasteiger partial charge in [0.15, 0.2) is 0 Å². The highest BCUT2D eigenvalue weighted by Crippen LogP contribution is 2.22. The molecule has 0 aromatic heterocycles. The van der Waals surface area contributed by atoms with Gasteiger partial charge < -0.3 is 10.4 Å². The predicted octanol–water partition coefficient (Wildman–Crippen LogP) is 2.58. The summed E-state index contributed by atoms with van der Waals surface area (Å²) < 4.78 is 41.0. The maximum Gasteiger partial charge on any atom is 0.255 e. The number of aliphatic hydroxyl groups is 1. The van der Waals surface area contributed by atoms with Crippen molar-refractivity contribution in [2.45, 2.75) is 43.2 Å². The fraction of sp³-hybridized carbons (Fsp3) is 0.316. The van der Waals surface area contributed by atoms with E-state index in [9.17, 15) is 22.7 Å². The average molecular weight is 392 g/mol. The summed E-state index contributed by atoms with van der Waals surface area (Å²) in [6, 6.07) is 9.57. The predicted molar refractivity (Wildman–Crippen MR) is 99.5 cm³/mol. The summed E-state index contributed by atoms with van der Waals surface area (Å²) in [6.07, 6.45) is 1.02. The number of hydrogen-bond acceptors (Lipinski definition) is 4. The molecule has 0 radical (unpaired) electrons. The van der Waals surface area contributed by atoms with E-state index in [0.29, 0.717) is 30.5 Å². The number of benzene rings is 2. The smallest absolute Gasteiger partial charge is 0.255 e. The van der Waals surface area contributed by atoms with Gasteiger partial charge in [0.1, 0.15) is 5.82 Å². The van der Waals surface area contributed by atoms with Crippen LogP contribution >= 0.6 is 0 Å². The zero-order valence-corrected chi connectivity index (χ0v) is 15.6. The Kier molecular flexibility index (Phi) is 5.59. The molecule has 0 saturated heterocycles. The Morgan fingerprint density at radius 2 is 1.96 bits per heavy atom. The van der Waals surface area contributed by atoms with Gasteiger partial charge in [-0.1, -0.05) is 6.07 Å². The molecule has 2 aromatic carbocycles. The number of nitrogens with one attached hydrogen (secondary N) is 2. The Hall–Kier alpha value is -2.29. The summed E-state index contributed by atoms with van der Waals surface area (Å²) in [5, 5.41) is 12.2. The second-order valence-electron chi connectivity index (χ2n) is 6.73. The number of anilines is 1. The van der Waals surface area contributed by atoms with Crippen LogP contribution in [0.25, 0.3) is 0 Å². The van der Waals surface area contributed by atoms with Crippen molar-refractivity contribution >= 4 is 21.6 Å². The van der Waals surface area contributed by atoms with Crippen molar-refractivity contribution < 1.29 is 22.7 Å². The maximum atomic E-state index is 13.3. The first-order chi connectivity index (χ1) is 12.7. The van der Waals surface area contributed by atoms with Gasteiger partial charge in [0, 0.05) is 17.3 Å². The molecule has 2 aromatic rings. The van der Waals surface area contributed by atoms with Crippen LogP contribution in [0, 0.1) is 12.7 Å². The number of sulfonamides is 1. The Labute approximate surface area is 157 Å². The molecule has 0 unspecified atom stereocenters. The number of halogens is 1. The Bertz CT molecular complexity index is 962. The summed E-state index contributed by atoms with van der Waals surface area (Å²) in [6.45, 7) is 1.59. The SMILES string of the molecule is Cc1cc(NC(=O)c2cccc(S(=O)(=O)N[C@H]3CC[C@@H](O)C3)c2)ccc1F. The molecule has 0 heterocycles. The lowest BCUT2D eigenvalue weighted by Gasteiger charge is -2.13. The van der Waals surface area contributed by atoms with E-state index in [1.165, 1.54) is 42.5 Å². The lowest BCUT2D eigenvalue weighted by molar-refractivity contribution is 0.102. The monoisotopic (exact) mass is 392 g/mol. The van der Waals surface area contributed by atoms with Crippen molar-refractivity contribution in [3.05, 3.63) is 59.4 Å². The number of hydrogen-bond donors (Lipinski definition) is 3. The van der Waals surface area contributed by atoms with Gasteiger partial charge in [-0.15, -0.1) is 0 Å². The Morgan fingerprint density at radius 3 is 2.63 bits per heavy atom. The quantitative estimate of drug-likeness (QED) is 0.729. The highest BCUT2D eigenvalue weighted by Gasteiger charge is 2.27. The number of aryl methyl sites for hydroxylation is 1. The van der Waals surface area contributed by atoms with Crippen molar-refractivity contribution in [3.8, 4) is 0 Å². The number of carbonyl (C=O) groups excluding carboxylic acids is 1. The van der Waals surface area contributed by atoms with Crippen LogP contribution in [0.3, 0.4) is 0 Å². The number of carbonyl (C=O) groups is 1. The van der Waals surface area contributed by atoms with Gasteiger partial charge in [0.25, 0.3) is 5.91 Å². The fourth-order valence-electron chi connectivity index (χ4n) is 3.08. The molecule has 0 spiro atoms. The summed E-state index contributed by atoms with van der Waals surface area (Å²) in [5.41, 5.74) is 0.989. The van der Waals surface area contributed by atoms with Crippen LogP contribution in [0.5, 0.6) is 0 Å². The van der Waals surface area contributed by atoms with E-state index in [-0.39, 0.29) is 22.3 Å². The molecule has 2 atom stereocenters. The van der Waals surface area contributed by atoms with Gasteiger partial charge in [0.05, 0.1) is 11.0 Å². The molecule has 1 fully saturated rings. The highest BCUT2D eigenvalue weighted by molar-refractivity contribution is 7.89. The van der Waals surface area contributed by atoms with Gasteiger partial charge >= 0.3 is 0 Å². The van der Waals surface area contributed by atoms with Gasteiger partial charge in [-0.25, -0.2) is 17.5 Å². The molecule has 1 aliphatic rings. The molecule has 3 N–H and O–H groups in total. The van der Waals surface area contributed by atoms with Gasteiger partial charge in [-0.2, -0.15) is 0 Å². The summed E-state index contributed by atoms with van der Waals surface area (Å²) in [5.74, 6) is -0.862. The van der Waals surface area contributed by atoms with E-state index >= 15 is 0 Å². The third-order valence-corrected chi connectivity index (χ3v) is 6.07. The average Bonchev–Trinajstić information content (AvgIpc) is 3.02. The minimum atomic E-state index is -3.80. The molecule has 0 bridgehead atoms. The van der Waals surface area contributed by atoms with E-state index in [1.54, 1.807) is 6.92 Å². The minimum absolute atomic E-state index is 0.0215. The summed E-state index contributed by atoms with van der Waals surface area (Å²) in [4.78, 5) is 12.4. The van der Waals surface area contributed by atoms with Crippen LogP contribution in [0.2, 0.25) is 0 Å². The van der Waals surface area contributed by atoms with Gasteiger partial charge in [-0.3, -0.25) is 4.79 Å². The molecule has 0 aliphatic heterocycles. The second-order valence-corrected chi connectivity index (χ2v) is 8.44. The van der Waals surface area contributed by atoms with Crippen LogP contribution in [-0.4, -0.2) is 31.6 Å². The fourth-order valence-corrected chi connectivity index (χ4v) is 4.41. The van der Waals surface area contributed by atoms with Gasteiger partial charge in [-0.05, 0) is 68.1 Å². The summed E-state index contributed by atoms with van der Waals surface area (Å²) >= 11 is 0. The first-order valence-electron chi connectivity index (χ1n) is 8.62. The Balaban J connectivity index is 1.76. The Morgan fingerprint density at radius 1 is 1.19 bits per heavy atom. The lowest BCUT2D eigenvalue weighted by Crippen LogP contribution is -2.33. The van der Waals surface area contributed by atoms with Crippen molar-refractivity contribution in [2.24, 2.45) is 0 Å². The second kappa shape index (κ2) is 7.75. The summed E-state index contributed by atoms with van der Waals surface area (Å²) in [7, 11) is -3.80. The number of aliphatic hydroxyl groups excluding tert-OH is 1. The first kappa shape index (κ1) is 19.5. The molecule has 27 heavy (non-hydrogen) atoms. The molecule has 8 heteroatoms. The van der Waals surface area contributed by atoms with Gasteiger partial charge in [0.2, 0.25) is 10.0 Å². The molecule has 6 nitrogen and oxygen atoms in total. The molecule has 3 rings (SSSR count). The van der Waals surface area contributed by atoms with Crippen LogP contribution in [0.15, 0.2) is 47.4 Å². The van der Waals surface area contributed by atoms with Crippen LogP contribution in [-0.2, 0) is 10.0 Å². The van der Waals surface area contributed by atoms with Crippen LogP contribution in [0.1, 0.15) is 35.2 Å². The number of amides is 1. The molecule has 1 aliphatic carbocycles. The normalized spacial score (nSPS) is 19.8. The molecule has 144 valence electrons. The lowest BCUT2D eigenvalue weighted by atomic mass is 10.2. The highest BCUT2D eigenvalue weighted by atomic mass is 32.2. The molecule has 1 amide bonds. The van der Waals surface area contributed by atoms with E-state index in [2.05, 4.69) is 10.0 Å². The van der Waals surface area contributed by atoms with Crippen molar-refractivity contribution in [2.75, 3.05) is 5.32 Å².